The van der Waals surface area contributed by atoms with Crippen LogP contribution >= 0.6 is 0 Å². The molecule has 35 heavy (non-hydrogen) atoms. The van der Waals surface area contributed by atoms with Crippen molar-refractivity contribution in [2.75, 3.05) is 37.4 Å². The molecule has 1 amide bonds. The van der Waals surface area contributed by atoms with Crippen LogP contribution in [0.5, 0.6) is 23.0 Å². The van der Waals surface area contributed by atoms with Crippen LogP contribution in [0.25, 0.3) is 0 Å². The highest BCUT2D eigenvalue weighted by Crippen LogP contribution is 2.33. The molecular weight excluding hydrogens is 468 g/mol. The first-order chi connectivity index (χ1) is 16.9. The van der Waals surface area contributed by atoms with Gasteiger partial charge in [0.25, 0.3) is 0 Å². The number of methoxy groups -OCH3 is 1. The molecule has 0 spiro atoms. The number of benzene rings is 3. The van der Waals surface area contributed by atoms with Crippen molar-refractivity contribution in [1.82, 2.24) is 5.32 Å². The van der Waals surface area contributed by atoms with Gasteiger partial charge in [0.1, 0.15) is 23.9 Å². The number of nitrogens with zero attached hydrogens (tertiary/aromatic N) is 1. The van der Waals surface area contributed by atoms with E-state index >= 15 is 0 Å². The van der Waals surface area contributed by atoms with Gasteiger partial charge in [-0.1, -0.05) is 36.4 Å². The Kier molecular flexibility index (Phi) is 9.37. The molecular formula is C26H30N2O6S. The van der Waals surface area contributed by atoms with Gasteiger partial charge >= 0.3 is 0 Å². The summed E-state index contributed by atoms with van der Waals surface area (Å²) in [6.07, 6.45) is 1.66. The number of anilines is 1. The molecule has 9 heteroatoms. The van der Waals surface area contributed by atoms with Gasteiger partial charge in [-0.05, 0) is 42.8 Å². The summed E-state index contributed by atoms with van der Waals surface area (Å²) in [7, 11) is -2.01. The Balaban J connectivity index is 1.52. The number of carbonyl (C=O) groups is 1. The first kappa shape index (κ1) is 25.9. The van der Waals surface area contributed by atoms with Crippen LogP contribution in [0.15, 0.2) is 78.9 Å². The number of hydrogen-bond donors (Lipinski definition) is 1. The summed E-state index contributed by atoms with van der Waals surface area (Å²) in [6, 6.07) is 23.3. The third-order valence-electron chi connectivity index (χ3n) is 5.00. The molecule has 3 aromatic rings. The van der Waals surface area contributed by atoms with Crippen LogP contribution in [0.3, 0.4) is 0 Å². The highest BCUT2D eigenvalue weighted by atomic mass is 32.2. The van der Waals surface area contributed by atoms with Crippen molar-refractivity contribution in [3.05, 3.63) is 78.9 Å². The van der Waals surface area contributed by atoms with E-state index < -0.39 is 10.0 Å². The monoisotopic (exact) mass is 498 g/mol. The average molecular weight is 499 g/mol. The minimum Gasteiger partial charge on any atom is -0.497 e. The Morgan fingerprint density at radius 1 is 0.914 bits per heavy atom. The van der Waals surface area contributed by atoms with Gasteiger partial charge < -0.3 is 19.5 Å². The van der Waals surface area contributed by atoms with Gasteiger partial charge in [0.15, 0.2) is 5.75 Å². The van der Waals surface area contributed by atoms with Crippen LogP contribution in [0.1, 0.15) is 12.8 Å². The van der Waals surface area contributed by atoms with E-state index in [-0.39, 0.29) is 18.9 Å². The highest BCUT2D eigenvalue weighted by molar-refractivity contribution is 7.92. The number of ether oxygens (including phenoxy) is 3. The molecule has 3 aromatic carbocycles. The SMILES string of the molecule is COc1cccc(OCCNC(=O)CCCN(c2ccccc2Oc2ccccc2)S(C)(=O)=O)c1. The largest absolute Gasteiger partial charge is 0.497 e. The van der Waals surface area contributed by atoms with Gasteiger partial charge in [0.2, 0.25) is 15.9 Å². The lowest BCUT2D eigenvalue weighted by Gasteiger charge is -2.24. The number of amides is 1. The molecule has 0 aliphatic rings. The molecule has 0 aromatic heterocycles. The van der Waals surface area contributed by atoms with Crippen LogP contribution in [-0.4, -0.2) is 47.4 Å². The van der Waals surface area contributed by atoms with Crippen LogP contribution in [0.2, 0.25) is 0 Å². The first-order valence-electron chi connectivity index (χ1n) is 11.2. The molecule has 0 radical (unpaired) electrons. The lowest BCUT2D eigenvalue weighted by Crippen LogP contribution is -2.33. The fraction of sp³-hybridized carbons (Fsp3) is 0.269. The van der Waals surface area contributed by atoms with E-state index in [0.717, 1.165) is 6.26 Å². The molecule has 8 nitrogen and oxygen atoms in total. The van der Waals surface area contributed by atoms with Gasteiger partial charge in [-0.25, -0.2) is 8.42 Å². The molecule has 1 N–H and O–H groups in total. The fourth-order valence-electron chi connectivity index (χ4n) is 3.35. The maximum Gasteiger partial charge on any atom is 0.232 e. The number of para-hydroxylation sites is 3. The minimum absolute atomic E-state index is 0.141. The fourth-order valence-corrected chi connectivity index (χ4v) is 4.32. The maximum absolute atomic E-state index is 12.5. The second kappa shape index (κ2) is 12.7. The third kappa shape index (κ3) is 8.22. The lowest BCUT2D eigenvalue weighted by atomic mass is 10.2. The third-order valence-corrected chi connectivity index (χ3v) is 6.18. The standard InChI is InChI=1S/C26H30N2O6S/c1-32-22-12-8-13-23(20-22)33-19-17-27-26(29)16-9-18-28(35(2,30)31)24-14-6-7-15-25(24)34-21-10-4-3-5-11-21/h3-8,10-15,20H,9,16-19H2,1-2H3,(H,27,29). The van der Waals surface area contributed by atoms with E-state index in [2.05, 4.69) is 5.32 Å². The zero-order valence-electron chi connectivity index (χ0n) is 19.8. The Morgan fingerprint density at radius 3 is 2.34 bits per heavy atom. The summed E-state index contributed by atoms with van der Waals surface area (Å²) >= 11 is 0. The van der Waals surface area contributed by atoms with Crippen LogP contribution in [0.4, 0.5) is 5.69 Å². The van der Waals surface area contributed by atoms with E-state index in [1.807, 2.05) is 36.4 Å². The number of rotatable bonds is 13. The second-order valence-corrected chi connectivity index (χ2v) is 9.61. The summed E-state index contributed by atoms with van der Waals surface area (Å²) in [5.74, 6) is 2.19. The van der Waals surface area contributed by atoms with Crippen LogP contribution < -0.4 is 23.8 Å². The molecule has 0 fully saturated rings. The second-order valence-electron chi connectivity index (χ2n) is 7.70. The maximum atomic E-state index is 12.5. The van der Waals surface area contributed by atoms with Gasteiger partial charge in [-0.2, -0.15) is 0 Å². The Hall–Kier alpha value is -3.72. The van der Waals surface area contributed by atoms with Gasteiger partial charge in [-0.3, -0.25) is 9.10 Å². The molecule has 3 rings (SSSR count). The minimum atomic E-state index is -3.60. The molecule has 0 aliphatic carbocycles. The average Bonchev–Trinajstić information content (AvgIpc) is 2.85. The molecule has 0 atom stereocenters. The van der Waals surface area contributed by atoms with Crippen molar-refractivity contribution in [2.45, 2.75) is 12.8 Å². The Bertz CT molecular complexity index is 1200. The van der Waals surface area contributed by atoms with Crippen LogP contribution in [-0.2, 0) is 14.8 Å². The normalized spacial score (nSPS) is 10.9. The zero-order valence-corrected chi connectivity index (χ0v) is 20.7. The van der Waals surface area contributed by atoms with Crippen molar-refractivity contribution in [3.63, 3.8) is 0 Å². The van der Waals surface area contributed by atoms with E-state index in [1.54, 1.807) is 49.6 Å². The summed E-state index contributed by atoms with van der Waals surface area (Å²) in [5.41, 5.74) is 0.422. The Labute approximate surface area is 206 Å². The zero-order chi connectivity index (χ0) is 25.1. The predicted octanol–water partition coefficient (Wildman–Crippen LogP) is 4.23. The van der Waals surface area contributed by atoms with E-state index in [0.29, 0.717) is 48.3 Å². The number of sulfonamides is 1. The summed E-state index contributed by atoms with van der Waals surface area (Å²) in [5, 5.41) is 2.79. The van der Waals surface area contributed by atoms with E-state index in [1.165, 1.54) is 4.31 Å². The van der Waals surface area contributed by atoms with Crippen molar-refractivity contribution < 1.29 is 27.4 Å². The molecule has 0 unspecified atom stereocenters. The molecule has 0 heterocycles. The summed E-state index contributed by atoms with van der Waals surface area (Å²) in [4.78, 5) is 12.3. The first-order valence-corrected chi connectivity index (χ1v) is 13.0. The van der Waals surface area contributed by atoms with Crippen molar-refractivity contribution >= 4 is 21.6 Å². The van der Waals surface area contributed by atoms with Crippen molar-refractivity contribution in [3.8, 4) is 23.0 Å². The molecule has 0 saturated carbocycles. The lowest BCUT2D eigenvalue weighted by molar-refractivity contribution is -0.121. The predicted molar refractivity (Wildman–Crippen MR) is 136 cm³/mol. The molecule has 0 saturated heterocycles. The number of carbonyl (C=O) groups excluding carboxylic acids is 1. The van der Waals surface area contributed by atoms with Gasteiger partial charge in [-0.15, -0.1) is 0 Å². The summed E-state index contributed by atoms with van der Waals surface area (Å²) < 4.78 is 43.0. The topological polar surface area (TPSA) is 94.2 Å². The van der Waals surface area contributed by atoms with Crippen LogP contribution in [0, 0.1) is 0 Å². The van der Waals surface area contributed by atoms with Crippen molar-refractivity contribution in [1.29, 1.82) is 0 Å². The quantitative estimate of drug-likeness (QED) is 0.355. The summed E-state index contributed by atoms with van der Waals surface area (Å²) in [6.45, 7) is 0.778. The van der Waals surface area contributed by atoms with Gasteiger partial charge in [0.05, 0.1) is 25.6 Å². The van der Waals surface area contributed by atoms with E-state index in [4.69, 9.17) is 14.2 Å². The van der Waals surface area contributed by atoms with Gasteiger partial charge in [0, 0.05) is 19.0 Å². The smallest absolute Gasteiger partial charge is 0.232 e. The number of hydrogen-bond acceptors (Lipinski definition) is 6. The van der Waals surface area contributed by atoms with E-state index in [9.17, 15) is 13.2 Å². The Morgan fingerprint density at radius 2 is 1.60 bits per heavy atom. The number of nitrogens with one attached hydrogen (secondary N) is 1. The molecule has 0 aliphatic heterocycles. The molecule has 186 valence electrons. The van der Waals surface area contributed by atoms with Crippen molar-refractivity contribution in [2.24, 2.45) is 0 Å². The highest BCUT2D eigenvalue weighted by Gasteiger charge is 2.21. The molecule has 0 bridgehead atoms.